The van der Waals surface area contributed by atoms with E-state index in [0.717, 1.165) is 10.8 Å². The third-order valence-electron chi connectivity index (χ3n) is 3.26. The van der Waals surface area contributed by atoms with Crippen LogP contribution < -0.4 is 0 Å². The third-order valence-corrected chi connectivity index (χ3v) is 3.26. The first-order valence-corrected chi connectivity index (χ1v) is 7.26. The Bertz CT molecular complexity index is 782. The van der Waals surface area contributed by atoms with Crippen LogP contribution in [-0.2, 0) is 14.3 Å². The van der Waals surface area contributed by atoms with Crippen LogP contribution in [0.4, 0.5) is 0 Å². The summed E-state index contributed by atoms with van der Waals surface area (Å²) < 4.78 is 10.0. The van der Waals surface area contributed by atoms with Crippen molar-refractivity contribution in [3.8, 4) is 0 Å². The second kappa shape index (κ2) is 6.24. The van der Waals surface area contributed by atoms with Crippen molar-refractivity contribution in [1.82, 2.24) is 0 Å². The maximum atomic E-state index is 12.1. The molecule has 0 heterocycles. The summed E-state index contributed by atoms with van der Waals surface area (Å²) in [6.07, 6.45) is 0. The van der Waals surface area contributed by atoms with Gasteiger partial charge in [-0.3, -0.25) is 0 Å². The molecule has 120 valence electrons. The van der Waals surface area contributed by atoms with Crippen LogP contribution in [0.15, 0.2) is 43.0 Å². The zero-order valence-electron chi connectivity index (χ0n) is 13.8. The molecule has 0 unspecified atom stereocenters. The van der Waals surface area contributed by atoms with E-state index in [2.05, 4.69) is 6.58 Å². The first-order valence-electron chi connectivity index (χ1n) is 7.26. The van der Waals surface area contributed by atoms with Gasteiger partial charge in [-0.2, -0.15) is 0 Å². The van der Waals surface area contributed by atoms with Gasteiger partial charge in [0.1, 0.15) is 5.60 Å². The van der Waals surface area contributed by atoms with E-state index in [1.807, 2.05) is 39.0 Å². The maximum absolute atomic E-state index is 12.1. The Hall–Kier alpha value is -2.62. The lowest BCUT2D eigenvalue weighted by molar-refractivity contribution is -0.147. The van der Waals surface area contributed by atoms with Crippen LogP contribution in [0, 0.1) is 0 Å². The average Bonchev–Trinajstić information content (AvgIpc) is 2.50. The molecule has 0 aliphatic carbocycles. The van der Waals surface area contributed by atoms with E-state index >= 15 is 0 Å². The highest BCUT2D eigenvalue weighted by Crippen LogP contribution is 2.24. The number of methoxy groups -OCH3 is 1. The van der Waals surface area contributed by atoms with Gasteiger partial charge in [-0.05, 0) is 55.3 Å². The summed E-state index contributed by atoms with van der Waals surface area (Å²) in [5, 5.41) is 1.79. The first kappa shape index (κ1) is 16.7. The molecule has 4 nitrogen and oxygen atoms in total. The standard InChI is InChI=1S/C19H20O4/c1-12(17(20)23-19(2,3)4)13-6-7-15-11-16(18(21)22-5)9-8-14(15)10-13/h6-11H,1H2,2-5H3. The second-order valence-corrected chi connectivity index (χ2v) is 6.25. The first-order chi connectivity index (χ1) is 10.7. The Balaban J connectivity index is 2.32. The smallest absolute Gasteiger partial charge is 0.338 e. The Morgan fingerprint density at radius 2 is 1.48 bits per heavy atom. The Labute approximate surface area is 135 Å². The minimum atomic E-state index is -0.563. The topological polar surface area (TPSA) is 52.6 Å². The summed E-state index contributed by atoms with van der Waals surface area (Å²) in [7, 11) is 1.35. The van der Waals surface area contributed by atoms with Crippen LogP contribution in [0.1, 0.15) is 36.7 Å². The number of esters is 2. The Morgan fingerprint density at radius 3 is 2.00 bits per heavy atom. The average molecular weight is 312 g/mol. The molecule has 23 heavy (non-hydrogen) atoms. The molecule has 2 aromatic carbocycles. The summed E-state index contributed by atoms with van der Waals surface area (Å²) in [6.45, 7) is 9.26. The normalized spacial score (nSPS) is 11.1. The van der Waals surface area contributed by atoms with Crippen LogP contribution in [0.25, 0.3) is 16.3 Å². The van der Waals surface area contributed by atoms with E-state index in [-0.39, 0.29) is 5.97 Å². The Kier molecular flexibility index (Phi) is 4.55. The zero-order chi connectivity index (χ0) is 17.2. The molecule has 0 aromatic heterocycles. The molecule has 0 spiro atoms. The van der Waals surface area contributed by atoms with Crippen LogP contribution in [-0.4, -0.2) is 24.6 Å². The molecular formula is C19H20O4. The summed E-state index contributed by atoms with van der Waals surface area (Å²) in [4.78, 5) is 23.7. The predicted octanol–water partition coefficient (Wildman–Crippen LogP) is 3.98. The number of ether oxygens (including phenoxy) is 2. The summed E-state index contributed by atoms with van der Waals surface area (Å²) >= 11 is 0. The number of rotatable bonds is 3. The SMILES string of the molecule is C=C(C(=O)OC(C)(C)C)c1ccc2cc(C(=O)OC)ccc2c1. The molecule has 0 aliphatic heterocycles. The lowest BCUT2D eigenvalue weighted by Gasteiger charge is -2.20. The van der Waals surface area contributed by atoms with Gasteiger partial charge in [-0.15, -0.1) is 0 Å². The molecule has 2 rings (SSSR count). The fraction of sp³-hybridized carbons (Fsp3) is 0.263. The van der Waals surface area contributed by atoms with Crippen LogP contribution in [0.2, 0.25) is 0 Å². The molecule has 0 aliphatic rings. The predicted molar refractivity (Wildman–Crippen MR) is 90.2 cm³/mol. The number of hydrogen-bond acceptors (Lipinski definition) is 4. The van der Waals surface area contributed by atoms with Gasteiger partial charge in [0.25, 0.3) is 0 Å². The molecule has 0 N–H and O–H groups in total. The molecule has 0 amide bonds. The van der Waals surface area contributed by atoms with E-state index in [1.165, 1.54) is 7.11 Å². The monoisotopic (exact) mass is 312 g/mol. The van der Waals surface area contributed by atoms with E-state index in [9.17, 15) is 9.59 Å². The van der Waals surface area contributed by atoms with Gasteiger partial charge in [-0.1, -0.05) is 24.8 Å². The van der Waals surface area contributed by atoms with Crippen molar-refractivity contribution in [3.63, 3.8) is 0 Å². The molecule has 0 saturated carbocycles. The van der Waals surface area contributed by atoms with Crippen molar-refractivity contribution in [2.24, 2.45) is 0 Å². The zero-order valence-corrected chi connectivity index (χ0v) is 13.8. The highest BCUT2D eigenvalue weighted by Gasteiger charge is 2.19. The van der Waals surface area contributed by atoms with Gasteiger partial charge < -0.3 is 9.47 Å². The molecule has 0 bridgehead atoms. The molecule has 0 saturated heterocycles. The van der Waals surface area contributed by atoms with E-state index in [1.54, 1.807) is 18.2 Å². The highest BCUT2D eigenvalue weighted by molar-refractivity contribution is 6.16. The number of benzene rings is 2. The van der Waals surface area contributed by atoms with Crippen LogP contribution >= 0.6 is 0 Å². The number of carbonyl (C=O) groups is 2. The lowest BCUT2D eigenvalue weighted by atomic mass is 10.0. The van der Waals surface area contributed by atoms with Gasteiger partial charge in [0.05, 0.1) is 18.2 Å². The fourth-order valence-electron chi connectivity index (χ4n) is 2.14. The van der Waals surface area contributed by atoms with Crippen molar-refractivity contribution in [2.75, 3.05) is 7.11 Å². The lowest BCUT2D eigenvalue weighted by Crippen LogP contribution is -2.24. The second-order valence-electron chi connectivity index (χ2n) is 6.25. The van der Waals surface area contributed by atoms with Crippen molar-refractivity contribution in [3.05, 3.63) is 54.1 Å². The van der Waals surface area contributed by atoms with Gasteiger partial charge in [0.2, 0.25) is 0 Å². The molecular weight excluding hydrogens is 292 g/mol. The minimum Gasteiger partial charge on any atom is -0.465 e. The van der Waals surface area contributed by atoms with Crippen LogP contribution in [0.5, 0.6) is 0 Å². The van der Waals surface area contributed by atoms with E-state index < -0.39 is 11.6 Å². The fourth-order valence-corrected chi connectivity index (χ4v) is 2.14. The van der Waals surface area contributed by atoms with Crippen molar-refractivity contribution in [1.29, 1.82) is 0 Å². The number of fused-ring (bicyclic) bond motifs is 1. The Morgan fingerprint density at radius 1 is 0.957 bits per heavy atom. The third kappa shape index (κ3) is 3.97. The number of hydrogen-bond donors (Lipinski definition) is 0. The maximum Gasteiger partial charge on any atom is 0.338 e. The molecule has 0 radical (unpaired) electrons. The van der Waals surface area contributed by atoms with Crippen LogP contribution in [0.3, 0.4) is 0 Å². The van der Waals surface area contributed by atoms with Gasteiger partial charge >= 0.3 is 11.9 Å². The van der Waals surface area contributed by atoms with E-state index in [4.69, 9.17) is 9.47 Å². The summed E-state index contributed by atoms with van der Waals surface area (Å²) in [5.74, 6) is -0.822. The number of carbonyl (C=O) groups excluding carboxylic acids is 2. The van der Waals surface area contributed by atoms with Crippen molar-refractivity contribution < 1.29 is 19.1 Å². The van der Waals surface area contributed by atoms with Crippen molar-refractivity contribution >= 4 is 28.3 Å². The molecule has 0 fully saturated rings. The largest absolute Gasteiger partial charge is 0.465 e. The highest BCUT2D eigenvalue weighted by atomic mass is 16.6. The molecule has 4 heteroatoms. The quantitative estimate of drug-likeness (QED) is 0.635. The van der Waals surface area contributed by atoms with Crippen molar-refractivity contribution in [2.45, 2.75) is 26.4 Å². The minimum absolute atomic E-state index is 0.305. The summed E-state index contributed by atoms with van der Waals surface area (Å²) in [6, 6.07) is 10.7. The van der Waals surface area contributed by atoms with Gasteiger partial charge in [0, 0.05) is 0 Å². The molecule has 0 atom stereocenters. The van der Waals surface area contributed by atoms with E-state index in [0.29, 0.717) is 16.7 Å². The molecule has 2 aromatic rings. The van der Waals surface area contributed by atoms with Gasteiger partial charge in [0.15, 0.2) is 0 Å². The van der Waals surface area contributed by atoms with Gasteiger partial charge in [-0.25, -0.2) is 9.59 Å². The summed E-state index contributed by atoms with van der Waals surface area (Å²) in [5.41, 5.74) is 0.918.